The van der Waals surface area contributed by atoms with Crippen LogP contribution in [0.25, 0.3) is 0 Å². The average molecular weight is 336 g/mol. The van der Waals surface area contributed by atoms with Crippen molar-refractivity contribution in [1.29, 1.82) is 0 Å². The summed E-state index contributed by atoms with van der Waals surface area (Å²) in [5.74, 6) is 0. The maximum Gasteiger partial charge on any atom is 0.153 e. The van der Waals surface area contributed by atoms with Crippen LogP contribution in [0.5, 0.6) is 0 Å². The van der Waals surface area contributed by atoms with Crippen LogP contribution in [0, 0.1) is 3.57 Å². The number of thioether (sulfide) groups is 1. The Labute approximate surface area is 107 Å². The highest BCUT2D eigenvalue weighted by Crippen LogP contribution is 2.08. The molecule has 5 heteroatoms. The molecule has 0 spiro atoms. The summed E-state index contributed by atoms with van der Waals surface area (Å²) < 4.78 is 1.85. The summed E-state index contributed by atoms with van der Waals surface area (Å²) >= 11 is 8.68. The Balaban J connectivity index is 2.60. The SMILES string of the molecule is CSC(=S)NN=Cc1ccccc1I. The number of nitrogens with one attached hydrogen (secondary N) is 1. The van der Waals surface area contributed by atoms with Crippen LogP contribution < -0.4 is 5.43 Å². The topological polar surface area (TPSA) is 24.4 Å². The molecule has 1 rings (SSSR count). The van der Waals surface area contributed by atoms with Gasteiger partial charge in [0.05, 0.1) is 6.21 Å². The lowest BCUT2D eigenvalue weighted by molar-refractivity contribution is 1.07. The molecule has 14 heavy (non-hydrogen) atoms. The molecule has 1 aromatic carbocycles. The summed E-state index contributed by atoms with van der Waals surface area (Å²) in [5.41, 5.74) is 3.86. The minimum atomic E-state index is 0.673. The van der Waals surface area contributed by atoms with Crippen molar-refractivity contribution in [2.24, 2.45) is 5.10 Å². The van der Waals surface area contributed by atoms with Gasteiger partial charge in [0.15, 0.2) is 4.32 Å². The first-order valence-corrected chi connectivity index (χ1v) is 6.57. The van der Waals surface area contributed by atoms with E-state index < -0.39 is 0 Å². The van der Waals surface area contributed by atoms with Gasteiger partial charge in [0.2, 0.25) is 0 Å². The molecule has 0 heterocycles. The van der Waals surface area contributed by atoms with Crippen LogP contribution in [0.1, 0.15) is 5.56 Å². The van der Waals surface area contributed by atoms with Crippen LogP contribution in [-0.2, 0) is 0 Å². The third kappa shape index (κ3) is 3.93. The molecule has 0 aromatic heterocycles. The fourth-order valence-electron chi connectivity index (χ4n) is 0.780. The normalized spacial score (nSPS) is 10.4. The van der Waals surface area contributed by atoms with Gasteiger partial charge in [-0.3, -0.25) is 5.43 Å². The molecule has 0 saturated heterocycles. The van der Waals surface area contributed by atoms with Crippen molar-refractivity contribution in [2.75, 3.05) is 6.26 Å². The zero-order chi connectivity index (χ0) is 10.4. The standard InChI is InChI=1S/C9H9IN2S2/c1-14-9(13)12-11-6-7-4-2-3-5-8(7)10/h2-6H,1H3,(H,12,13). The van der Waals surface area contributed by atoms with E-state index in [0.717, 1.165) is 5.56 Å². The lowest BCUT2D eigenvalue weighted by atomic mass is 10.2. The Kier molecular flexibility index (Phi) is 5.42. The van der Waals surface area contributed by atoms with Gasteiger partial charge >= 0.3 is 0 Å². The maximum absolute atomic E-state index is 4.94. The molecule has 1 aromatic rings. The van der Waals surface area contributed by atoms with Gasteiger partial charge in [0.1, 0.15) is 0 Å². The van der Waals surface area contributed by atoms with Gasteiger partial charge in [-0.1, -0.05) is 42.2 Å². The van der Waals surface area contributed by atoms with Crippen LogP contribution in [0.2, 0.25) is 0 Å². The van der Waals surface area contributed by atoms with Gasteiger partial charge in [-0.15, -0.1) is 0 Å². The van der Waals surface area contributed by atoms with E-state index in [0.29, 0.717) is 4.32 Å². The lowest BCUT2D eigenvalue weighted by Gasteiger charge is -1.98. The van der Waals surface area contributed by atoms with Gasteiger partial charge in [-0.2, -0.15) is 5.10 Å². The molecule has 0 saturated carbocycles. The molecule has 74 valence electrons. The van der Waals surface area contributed by atoms with Crippen molar-refractivity contribution in [3.8, 4) is 0 Å². The smallest absolute Gasteiger partial charge is 0.153 e. The van der Waals surface area contributed by atoms with E-state index in [1.165, 1.54) is 15.3 Å². The van der Waals surface area contributed by atoms with Crippen molar-refractivity contribution in [1.82, 2.24) is 5.43 Å². The van der Waals surface area contributed by atoms with E-state index in [1.54, 1.807) is 6.21 Å². The van der Waals surface area contributed by atoms with E-state index >= 15 is 0 Å². The number of halogens is 1. The predicted octanol–water partition coefficient (Wildman–Crippen LogP) is 2.86. The van der Waals surface area contributed by atoms with Gasteiger partial charge in [0.25, 0.3) is 0 Å². The largest absolute Gasteiger partial charge is 0.262 e. The van der Waals surface area contributed by atoms with Crippen LogP contribution in [0.3, 0.4) is 0 Å². The highest BCUT2D eigenvalue weighted by atomic mass is 127. The van der Waals surface area contributed by atoms with Gasteiger partial charge < -0.3 is 0 Å². The van der Waals surface area contributed by atoms with E-state index in [4.69, 9.17) is 12.2 Å². The zero-order valence-electron chi connectivity index (χ0n) is 7.53. The fourth-order valence-corrected chi connectivity index (χ4v) is 1.50. The molecular formula is C9H9IN2S2. The number of benzene rings is 1. The summed E-state index contributed by atoms with van der Waals surface area (Å²) in [7, 11) is 0. The first-order valence-electron chi connectivity index (χ1n) is 3.85. The summed E-state index contributed by atoms with van der Waals surface area (Å²) in [6, 6.07) is 8.03. The van der Waals surface area contributed by atoms with E-state index in [1.807, 2.05) is 30.5 Å². The molecule has 0 radical (unpaired) electrons. The third-order valence-electron chi connectivity index (χ3n) is 1.45. The third-order valence-corrected chi connectivity index (χ3v) is 3.49. The zero-order valence-corrected chi connectivity index (χ0v) is 11.3. The highest BCUT2D eigenvalue weighted by molar-refractivity contribution is 14.1. The van der Waals surface area contributed by atoms with E-state index in [2.05, 4.69) is 33.1 Å². The van der Waals surface area contributed by atoms with Crippen molar-refractivity contribution >= 4 is 57.1 Å². The molecule has 0 unspecified atom stereocenters. The summed E-state index contributed by atoms with van der Waals surface area (Å²) in [6.45, 7) is 0. The molecule has 0 aliphatic carbocycles. The first kappa shape index (κ1) is 11.9. The van der Waals surface area contributed by atoms with Crippen LogP contribution in [0.4, 0.5) is 0 Å². The van der Waals surface area contributed by atoms with Crippen molar-refractivity contribution < 1.29 is 0 Å². The Morgan fingerprint density at radius 1 is 1.57 bits per heavy atom. The molecule has 2 nitrogen and oxygen atoms in total. The molecule has 0 aliphatic rings. The second-order valence-electron chi connectivity index (χ2n) is 2.38. The highest BCUT2D eigenvalue weighted by Gasteiger charge is 1.93. The average Bonchev–Trinajstić information content (AvgIpc) is 2.20. The number of thiocarbonyl (C=S) groups is 1. The Morgan fingerprint density at radius 3 is 2.93 bits per heavy atom. The Morgan fingerprint density at radius 2 is 2.29 bits per heavy atom. The van der Waals surface area contributed by atoms with Crippen LogP contribution in [0.15, 0.2) is 29.4 Å². The van der Waals surface area contributed by atoms with Gasteiger partial charge in [-0.25, -0.2) is 0 Å². The number of hydrogen-bond donors (Lipinski definition) is 1. The molecule has 0 fully saturated rings. The first-order chi connectivity index (χ1) is 6.74. The molecule has 0 atom stereocenters. The molecule has 0 bridgehead atoms. The summed E-state index contributed by atoms with van der Waals surface area (Å²) in [4.78, 5) is 0. The predicted molar refractivity (Wildman–Crippen MR) is 76.0 cm³/mol. The summed E-state index contributed by atoms with van der Waals surface area (Å²) in [5, 5.41) is 4.03. The monoisotopic (exact) mass is 336 g/mol. The summed E-state index contributed by atoms with van der Waals surface area (Å²) in [6.07, 6.45) is 3.68. The van der Waals surface area contributed by atoms with Crippen molar-refractivity contribution in [3.63, 3.8) is 0 Å². The molecule has 1 N–H and O–H groups in total. The Hall–Kier alpha value is -0.140. The van der Waals surface area contributed by atoms with Crippen LogP contribution >= 0.6 is 46.6 Å². The Bertz CT molecular complexity index is 352. The quantitative estimate of drug-likeness (QED) is 0.389. The van der Waals surface area contributed by atoms with Crippen molar-refractivity contribution in [2.45, 2.75) is 0 Å². The fraction of sp³-hybridized carbons (Fsp3) is 0.111. The minimum absolute atomic E-state index is 0.673. The number of hydrogen-bond acceptors (Lipinski definition) is 3. The molecule has 0 aliphatic heterocycles. The van der Waals surface area contributed by atoms with Gasteiger partial charge in [0, 0.05) is 9.13 Å². The second-order valence-corrected chi connectivity index (χ2v) is 5.03. The number of nitrogens with zero attached hydrogens (tertiary/aromatic N) is 1. The van der Waals surface area contributed by atoms with Crippen LogP contribution in [-0.4, -0.2) is 16.8 Å². The number of rotatable bonds is 2. The maximum atomic E-state index is 4.94. The molecular weight excluding hydrogens is 327 g/mol. The van der Waals surface area contributed by atoms with E-state index in [-0.39, 0.29) is 0 Å². The second kappa shape index (κ2) is 6.36. The number of hydrazone groups is 1. The van der Waals surface area contributed by atoms with Gasteiger partial charge in [-0.05, 0) is 34.9 Å². The molecule has 0 amide bonds. The van der Waals surface area contributed by atoms with E-state index in [9.17, 15) is 0 Å². The lowest BCUT2D eigenvalue weighted by Crippen LogP contribution is -2.10. The minimum Gasteiger partial charge on any atom is -0.262 e. The van der Waals surface area contributed by atoms with Crippen molar-refractivity contribution in [3.05, 3.63) is 33.4 Å².